The van der Waals surface area contributed by atoms with E-state index in [0.29, 0.717) is 22.6 Å². The maximum atomic E-state index is 12.8. The molecule has 0 bridgehead atoms. The zero-order chi connectivity index (χ0) is 24.2. The van der Waals surface area contributed by atoms with Crippen LogP contribution < -0.4 is 9.47 Å². The second kappa shape index (κ2) is 14.3. The Morgan fingerprint density at radius 1 is 0.909 bits per heavy atom. The molecule has 2 rings (SSSR count). The normalized spacial score (nSPS) is 13.6. The highest BCUT2D eigenvalue weighted by molar-refractivity contribution is 7.99. The van der Waals surface area contributed by atoms with E-state index in [1.54, 1.807) is 14.2 Å². The zero-order valence-corrected chi connectivity index (χ0v) is 21.8. The summed E-state index contributed by atoms with van der Waals surface area (Å²) in [5.41, 5.74) is 2.81. The van der Waals surface area contributed by atoms with E-state index in [0.717, 1.165) is 17.7 Å². The van der Waals surface area contributed by atoms with Gasteiger partial charge in [0.05, 0.1) is 25.3 Å². The van der Waals surface area contributed by atoms with Crippen LogP contribution in [0.2, 0.25) is 0 Å². The van der Waals surface area contributed by atoms with Crippen LogP contribution >= 0.6 is 11.8 Å². The Balaban J connectivity index is 2.20. The van der Waals surface area contributed by atoms with Crippen LogP contribution in [0.4, 0.5) is 0 Å². The molecule has 0 aromatic heterocycles. The first kappa shape index (κ1) is 27.2. The second-order valence-electron chi connectivity index (χ2n) is 8.86. The van der Waals surface area contributed by atoms with E-state index in [-0.39, 0.29) is 16.8 Å². The van der Waals surface area contributed by atoms with E-state index in [1.807, 2.05) is 17.8 Å². The summed E-state index contributed by atoms with van der Waals surface area (Å²) >= 11 is 1.90. The molecule has 4 nitrogen and oxygen atoms in total. The third-order valence-electron chi connectivity index (χ3n) is 5.98. The summed E-state index contributed by atoms with van der Waals surface area (Å²) in [6.45, 7) is 6.44. The molecule has 1 aromatic rings. The van der Waals surface area contributed by atoms with Crippen molar-refractivity contribution in [2.24, 2.45) is 0 Å². The number of carbonyl (C=O) groups excluding carboxylic acids is 2. The predicted molar refractivity (Wildman–Crippen MR) is 139 cm³/mol. The van der Waals surface area contributed by atoms with Crippen LogP contribution in [0.3, 0.4) is 0 Å². The van der Waals surface area contributed by atoms with Crippen LogP contribution in [0.15, 0.2) is 29.9 Å². The van der Waals surface area contributed by atoms with Crippen molar-refractivity contribution in [1.82, 2.24) is 0 Å². The Morgan fingerprint density at radius 2 is 1.52 bits per heavy atom. The minimum Gasteiger partial charge on any atom is -0.496 e. The molecule has 1 aliphatic rings. The molecule has 0 saturated carbocycles. The monoisotopic (exact) mass is 472 g/mol. The third-order valence-corrected chi connectivity index (χ3v) is 7.35. The van der Waals surface area contributed by atoms with E-state index in [4.69, 9.17) is 9.47 Å². The number of ether oxygens (including phenoxy) is 2. The Hall–Kier alpha value is -2.01. The van der Waals surface area contributed by atoms with Crippen LogP contribution in [-0.4, -0.2) is 31.5 Å². The highest BCUT2D eigenvalue weighted by atomic mass is 32.2. The van der Waals surface area contributed by atoms with Gasteiger partial charge in [-0.2, -0.15) is 11.8 Å². The van der Waals surface area contributed by atoms with E-state index < -0.39 is 0 Å². The van der Waals surface area contributed by atoms with E-state index in [1.165, 1.54) is 69.1 Å². The summed E-state index contributed by atoms with van der Waals surface area (Å²) < 4.78 is 11.3. The smallest absolute Gasteiger partial charge is 0.190 e. The topological polar surface area (TPSA) is 52.6 Å². The van der Waals surface area contributed by atoms with Crippen molar-refractivity contribution in [3.63, 3.8) is 0 Å². The van der Waals surface area contributed by atoms with Crippen molar-refractivity contribution in [2.75, 3.05) is 20.0 Å². The second-order valence-corrected chi connectivity index (χ2v) is 10.2. The molecule has 0 fully saturated rings. The number of rotatable bonds is 15. The number of hydrogen-bond acceptors (Lipinski definition) is 5. The van der Waals surface area contributed by atoms with E-state index in [9.17, 15) is 9.59 Å². The average molecular weight is 473 g/mol. The number of ketones is 2. The number of allylic oxidation sites excluding steroid dienone is 4. The van der Waals surface area contributed by atoms with Gasteiger partial charge in [0.25, 0.3) is 0 Å². The SMILES string of the molecule is CCCCCCCCCCSC(CC=C(C)C)c1cc(OC)c2c(c1OC)C(=O)C=CC2=O. The molecule has 5 heteroatoms. The summed E-state index contributed by atoms with van der Waals surface area (Å²) in [4.78, 5) is 25.3. The van der Waals surface area contributed by atoms with Crippen molar-refractivity contribution < 1.29 is 19.1 Å². The molecular formula is C28H40O4S. The molecule has 0 radical (unpaired) electrons. The van der Waals surface area contributed by atoms with Gasteiger partial charge in [0.1, 0.15) is 11.5 Å². The quantitative estimate of drug-likeness (QED) is 0.192. The minimum absolute atomic E-state index is 0.118. The van der Waals surface area contributed by atoms with Gasteiger partial charge in [-0.3, -0.25) is 9.59 Å². The molecule has 1 aromatic carbocycles. The van der Waals surface area contributed by atoms with Crippen molar-refractivity contribution in [3.8, 4) is 11.5 Å². The fraction of sp³-hybridized carbons (Fsp3) is 0.571. The number of methoxy groups -OCH3 is 2. The van der Waals surface area contributed by atoms with Gasteiger partial charge in [-0.25, -0.2) is 0 Å². The molecule has 1 aliphatic carbocycles. The lowest BCUT2D eigenvalue weighted by Gasteiger charge is -2.24. The van der Waals surface area contributed by atoms with Gasteiger partial charge in [0.15, 0.2) is 11.6 Å². The van der Waals surface area contributed by atoms with Crippen molar-refractivity contribution >= 4 is 23.3 Å². The number of unbranched alkanes of at least 4 members (excludes halogenated alkanes) is 7. The highest BCUT2D eigenvalue weighted by Crippen LogP contribution is 2.45. The van der Waals surface area contributed by atoms with Gasteiger partial charge in [-0.1, -0.05) is 63.5 Å². The first-order valence-corrected chi connectivity index (χ1v) is 13.3. The standard InChI is InChI=1S/C28H40O4S/c1-6-7-8-9-10-11-12-13-18-33-25(17-14-20(2)3)21-19-24(31-4)26-22(29)15-16-23(30)27(26)28(21)32-5/h14-16,19,25H,6-13,17-18H2,1-5H3. The zero-order valence-electron chi connectivity index (χ0n) is 21.0. The summed E-state index contributed by atoms with van der Waals surface area (Å²) in [6, 6.07) is 1.90. The Bertz CT molecular complexity index is 865. The first-order valence-electron chi connectivity index (χ1n) is 12.2. The Labute approximate surface area is 204 Å². The largest absolute Gasteiger partial charge is 0.496 e. The fourth-order valence-corrected chi connectivity index (χ4v) is 5.41. The van der Waals surface area contributed by atoms with Gasteiger partial charge < -0.3 is 9.47 Å². The maximum absolute atomic E-state index is 12.8. The van der Waals surface area contributed by atoms with E-state index in [2.05, 4.69) is 26.8 Å². The summed E-state index contributed by atoms with van der Waals surface area (Å²) in [7, 11) is 3.11. The first-order chi connectivity index (χ1) is 15.9. The number of thioether (sulfide) groups is 1. The number of hydrogen-bond donors (Lipinski definition) is 0. The molecule has 0 heterocycles. The van der Waals surface area contributed by atoms with Gasteiger partial charge in [-0.15, -0.1) is 0 Å². The predicted octanol–water partition coefficient (Wildman–Crippen LogP) is 7.91. The molecule has 33 heavy (non-hydrogen) atoms. The molecule has 1 unspecified atom stereocenters. The van der Waals surface area contributed by atoms with Gasteiger partial charge in [0.2, 0.25) is 0 Å². The Kier molecular flexibility index (Phi) is 11.8. The summed E-state index contributed by atoms with van der Waals surface area (Å²) in [5.74, 6) is 1.56. The maximum Gasteiger partial charge on any atom is 0.190 e. The lowest BCUT2D eigenvalue weighted by molar-refractivity contribution is 0.0988. The fourth-order valence-electron chi connectivity index (χ4n) is 4.17. The number of benzene rings is 1. The van der Waals surface area contributed by atoms with Crippen LogP contribution in [0.1, 0.15) is 110 Å². The van der Waals surface area contributed by atoms with Crippen molar-refractivity contribution in [1.29, 1.82) is 0 Å². The van der Waals surface area contributed by atoms with Crippen LogP contribution in [0, 0.1) is 0 Å². The molecule has 0 aliphatic heterocycles. The highest BCUT2D eigenvalue weighted by Gasteiger charge is 2.31. The molecule has 0 saturated heterocycles. The van der Waals surface area contributed by atoms with Gasteiger partial charge in [-0.05, 0) is 50.7 Å². The Morgan fingerprint density at radius 3 is 2.09 bits per heavy atom. The van der Waals surface area contributed by atoms with Crippen LogP contribution in [0.25, 0.3) is 0 Å². The lowest BCUT2D eigenvalue weighted by Crippen LogP contribution is -2.16. The van der Waals surface area contributed by atoms with Gasteiger partial charge in [0, 0.05) is 10.8 Å². The van der Waals surface area contributed by atoms with Crippen LogP contribution in [-0.2, 0) is 0 Å². The molecule has 0 spiro atoms. The molecule has 182 valence electrons. The summed E-state index contributed by atoms with van der Waals surface area (Å²) in [6.07, 6.45) is 16.1. The van der Waals surface area contributed by atoms with Crippen LogP contribution in [0.5, 0.6) is 11.5 Å². The number of fused-ring (bicyclic) bond motifs is 1. The van der Waals surface area contributed by atoms with Crippen molar-refractivity contribution in [2.45, 2.75) is 83.8 Å². The van der Waals surface area contributed by atoms with Crippen molar-refractivity contribution in [3.05, 3.63) is 46.6 Å². The molecular weight excluding hydrogens is 432 g/mol. The minimum atomic E-state index is -0.223. The molecule has 1 atom stereocenters. The summed E-state index contributed by atoms with van der Waals surface area (Å²) in [5, 5.41) is 0.118. The molecule has 0 N–H and O–H groups in total. The molecule has 0 amide bonds. The number of carbonyl (C=O) groups is 2. The third kappa shape index (κ3) is 7.77. The van der Waals surface area contributed by atoms with Gasteiger partial charge >= 0.3 is 0 Å². The average Bonchev–Trinajstić information content (AvgIpc) is 2.81. The van der Waals surface area contributed by atoms with E-state index >= 15 is 0 Å². The lowest BCUT2D eigenvalue weighted by atomic mass is 9.89.